The number of hydrogen-bond acceptors (Lipinski definition) is 2. The van der Waals surface area contributed by atoms with Gasteiger partial charge in [0.05, 0.1) is 8.07 Å². The van der Waals surface area contributed by atoms with Gasteiger partial charge in [0.1, 0.15) is 5.60 Å². The molecule has 0 amide bonds. The lowest BCUT2D eigenvalue weighted by Gasteiger charge is -2.25. The summed E-state index contributed by atoms with van der Waals surface area (Å²) < 4.78 is 5.34. The van der Waals surface area contributed by atoms with E-state index in [9.17, 15) is 4.79 Å². The molecule has 0 aliphatic rings. The molecule has 0 aromatic heterocycles. The summed E-state index contributed by atoms with van der Waals surface area (Å²) in [5.41, 5.74) is -0.398. The van der Waals surface area contributed by atoms with E-state index in [4.69, 9.17) is 4.74 Å². The first-order chi connectivity index (χ1) is 6.08. The lowest BCUT2D eigenvalue weighted by Crippen LogP contribution is -2.34. The summed E-state index contributed by atoms with van der Waals surface area (Å²) in [5, 5.41) is 0.868. The number of ether oxygens (including phenoxy) is 1. The SMILES string of the molecule is CC=C(C(=O)OC(C)(C)C)[Si](C)(C)C. The Labute approximate surface area is 88.4 Å². The van der Waals surface area contributed by atoms with Crippen LogP contribution in [-0.4, -0.2) is 19.6 Å². The van der Waals surface area contributed by atoms with Gasteiger partial charge < -0.3 is 4.74 Å². The first-order valence-electron chi connectivity index (χ1n) is 4.98. The molecule has 0 bridgehead atoms. The largest absolute Gasteiger partial charge is 0.457 e. The second-order valence-corrected chi connectivity index (χ2v) is 10.5. The third kappa shape index (κ3) is 4.60. The zero-order chi connectivity index (χ0) is 11.6. The minimum absolute atomic E-state index is 0.154. The molecule has 0 heterocycles. The fraction of sp³-hybridized carbons (Fsp3) is 0.727. The average molecular weight is 214 g/mol. The third-order valence-electron chi connectivity index (χ3n) is 1.72. The summed E-state index contributed by atoms with van der Waals surface area (Å²) in [7, 11) is -1.56. The minimum Gasteiger partial charge on any atom is -0.457 e. The minimum atomic E-state index is -1.56. The van der Waals surface area contributed by atoms with Gasteiger partial charge in [0.25, 0.3) is 0 Å². The van der Waals surface area contributed by atoms with Crippen LogP contribution in [0.4, 0.5) is 0 Å². The predicted octanol–water partition coefficient (Wildman–Crippen LogP) is 3.15. The topological polar surface area (TPSA) is 26.3 Å². The molecular formula is C11H22O2Si. The van der Waals surface area contributed by atoms with Gasteiger partial charge in [-0.1, -0.05) is 25.7 Å². The van der Waals surface area contributed by atoms with E-state index in [2.05, 4.69) is 19.6 Å². The fourth-order valence-corrected chi connectivity index (χ4v) is 2.72. The van der Waals surface area contributed by atoms with Crippen molar-refractivity contribution in [2.24, 2.45) is 0 Å². The van der Waals surface area contributed by atoms with E-state index in [1.807, 2.05) is 33.8 Å². The van der Waals surface area contributed by atoms with Gasteiger partial charge in [0.15, 0.2) is 0 Å². The van der Waals surface area contributed by atoms with Crippen LogP contribution in [0.5, 0.6) is 0 Å². The van der Waals surface area contributed by atoms with E-state index in [-0.39, 0.29) is 5.97 Å². The Hall–Kier alpha value is -0.573. The predicted molar refractivity (Wildman–Crippen MR) is 62.9 cm³/mol. The highest BCUT2D eigenvalue weighted by atomic mass is 28.3. The zero-order valence-electron chi connectivity index (χ0n) is 10.4. The van der Waals surface area contributed by atoms with Crippen molar-refractivity contribution < 1.29 is 9.53 Å². The van der Waals surface area contributed by atoms with Gasteiger partial charge in [0.2, 0.25) is 0 Å². The van der Waals surface area contributed by atoms with Gasteiger partial charge in [-0.25, -0.2) is 4.79 Å². The maximum Gasteiger partial charge on any atom is 0.330 e. The Kier molecular flexibility index (Phi) is 4.12. The monoisotopic (exact) mass is 214 g/mol. The van der Waals surface area contributed by atoms with E-state index in [0.29, 0.717) is 0 Å². The first-order valence-corrected chi connectivity index (χ1v) is 8.48. The van der Waals surface area contributed by atoms with Crippen molar-refractivity contribution in [3.8, 4) is 0 Å². The fourth-order valence-electron chi connectivity index (χ4n) is 1.19. The number of carbonyl (C=O) groups is 1. The molecule has 0 aromatic carbocycles. The molecule has 0 radical (unpaired) electrons. The lowest BCUT2D eigenvalue weighted by molar-refractivity contribution is -0.149. The van der Waals surface area contributed by atoms with Crippen LogP contribution in [0.2, 0.25) is 19.6 Å². The summed E-state index contributed by atoms with van der Waals surface area (Å²) in [6, 6.07) is 0. The molecule has 0 aromatic rings. The van der Waals surface area contributed by atoms with Gasteiger partial charge in [-0.2, -0.15) is 0 Å². The highest BCUT2D eigenvalue weighted by molar-refractivity contribution is 6.87. The standard InChI is InChI=1S/C11H22O2Si/c1-8-9(14(5,6)7)10(12)13-11(2,3)4/h8H,1-7H3. The van der Waals surface area contributed by atoms with Crippen molar-refractivity contribution in [1.82, 2.24) is 0 Å². The summed E-state index contributed by atoms with van der Waals surface area (Å²) in [6.45, 7) is 14.0. The molecule has 0 fully saturated rings. The van der Waals surface area contributed by atoms with Crippen molar-refractivity contribution in [3.63, 3.8) is 0 Å². The Morgan fingerprint density at radius 1 is 1.21 bits per heavy atom. The van der Waals surface area contributed by atoms with Gasteiger partial charge >= 0.3 is 5.97 Å². The van der Waals surface area contributed by atoms with E-state index in [0.717, 1.165) is 5.20 Å². The molecule has 0 saturated carbocycles. The molecule has 14 heavy (non-hydrogen) atoms. The number of esters is 1. The zero-order valence-corrected chi connectivity index (χ0v) is 11.4. The first kappa shape index (κ1) is 13.4. The van der Waals surface area contributed by atoms with Gasteiger partial charge in [-0.3, -0.25) is 0 Å². The molecule has 0 aliphatic carbocycles. The van der Waals surface area contributed by atoms with Crippen molar-refractivity contribution in [2.75, 3.05) is 0 Å². The molecule has 0 spiro atoms. The van der Waals surface area contributed by atoms with E-state index >= 15 is 0 Å². The summed E-state index contributed by atoms with van der Waals surface area (Å²) in [5.74, 6) is -0.154. The summed E-state index contributed by atoms with van der Waals surface area (Å²) >= 11 is 0. The summed E-state index contributed by atoms with van der Waals surface area (Å²) in [6.07, 6.45) is 1.89. The molecule has 3 heteroatoms. The highest BCUT2D eigenvalue weighted by Gasteiger charge is 2.28. The van der Waals surface area contributed by atoms with Crippen molar-refractivity contribution in [1.29, 1.82) is 0 Å². The Morgan fingerprint density at radius 3 is 1.86 bits per heavy atom. The molecule has 0 aliphatic heterocycles. The maximum absolute atomic E-state index is 11.8. The quantitative estimate of drug-likeness (QED) is 0.401. The van der Waals surface area contributed by atoms with Gasteiger partial charge in [-0.05, 0) is 27.7 Å². The number of carbonyl (C=O) groups excluding carboxylic acids is 1. The van der Waals surface area contributed by atoms with Crippen LogP contribution < -0.4 is 0 Å². The smallest absolute Gasteiger partial charge is 0.330 e. The van der Waals surface area contributed by atoms with Crippen LogP contribution in [0.15, 0.2) is 11.3 Å². The van der Waals surface area contributed by atoms with Crippen LogP contribution in [0.25, 0.3) is 0 Å². The molecule has 0 atom stereocenters. The average Bonchev–Trinajstić information content (AvgIpc) is 1.79. The van der Waals surface area contributed by atoms with Crippen LogP contribution in [0.3, 0.4) is 0 Å². The summed E-state index contributed by atoms with van der Waals surface area (Å²) in [4.78, 5) is 11.8. The Balaban J connectivity index is 4.69. The lowest BCUT2D eigenvalue weighted by atomic mass is 10.2. The van der Waals surface area contributed by atoms with Gasteiger partial charge in [-0.15, -0.1) is 0 Å². The molecule has 0 rings (SSSR count). The Morgan fingerprint density at radius 2 is 1.64 bits per heavy atom. The second kappa shape index (κ2) is 4.30. The van der Waals surface area contributed by atoms with Crippen LogP contribution >= 0.6 is 0 Å². The van der Waals surface area contributed by atoms with Gasteiger partial charge in [0, 0.05) is 5.20 Å². The highest BCUT2D eigenvalue weighted by Crippen LogP contribution is 2.19. The number of hydrogen-bond donors (Lipinski definition) is 0. The Bertz CT molecular complexity index is 241. The number of rotatable bonds is 2. The van der Waals surface area contributed by atoms with E-state index < -0.39 is 13.7 Å². The van der Waals surface area contributed by atoms with Crippen molar-refractivity contribution in [3.05, 3.63) is 11.3 Å². The van der Waals surface area contributed by atoms with E-state index in [1.165, 1.54) is 0 Å². The van der Waals surface area contributed by atoms with Crippen LogP contribution in [-0.2, 0) is 9.53 Å². The van der Waals surface area contributed by atoms with Crippen molar-refractivity contribution >= 4 is 14.0 Å². The molecule has 2 nitrogen and oxygen atoms in total. The molecule has 0 saturated heterocycles. The second-order valence-electron chi connectivity index (χ2n) is 5.45. The van der Waals surface area contributed by atoms with Crippen LogP contribution in [0.1, 0.15) is 27.7 Å². The molecule has 82 valence electrons. The maximum atomic E-state index is 11.8. The molecule has 0 unspecified atom stereocenters. The molecular weight excluding hydrogens is 192 g/mol. The van der Waals surface area contributed by atoms with Crippen molar-refractivity contribution in [2.45, 2.75) is 52.9 Å². The normalized spacial score (nSPS) is 14.1. The number of allylic oxidation sites excluding steroid dienone is 1. The van der Waals surface area contributed by atoms with E-state index in [1.54, 1.807) is 0 Å². The molecule has 0 N–H and O–H groups in total. The third-order valence-corrected chi connectivity index (χ3v) is 3.82. The van der Waals surface area contributed by atoms with Crippen LogP contribution in [0, 0.1) is 0 Å².